The van der Waals surface area contributed by atoms with E-state index in [0.717, 1.165) is 18.4 Å². The van der Waals surface area contributed by atoms with E-state index in [4.69, 9.17) is 9.47 Å². The molecule has 0 aromatic heterocycles. The highest BCUT2D eigenvalue weighted by molar-refractivity contribution is 5.97. The van der Waals surface area contributed by atoms with Gasteiger partial charge in [-0.2, -0.15) is 0 Å². The van der Waals surface area contributed by atoms with Crippen LogP contribution < -0.4 is 20.1 Å². The van der Waals surface area contributed by atoms with Crippen molar-refractivity contribution in [1.82, 2.24) is 10.6 Å². The largest absolute Gasteiger partial charge is 0.493 e. The first-order valence-electron chi connectivity index (χ1n) is 10.5. The highest BCUT2D eigenvalue weighted by Crippen LogP contribution is 2.27. The van der Waals surface area contributed by atoms with Crippen molar-refractivity contribution < 1.29 is 19.1 Å². The standard InChI is InChI=1S/C26H28N2O4/c1-31-23-16-14-21(17-24(23)32-2)26(30)27-18-25(29)28-22(20-11-7-4-8-12-20)15-13-19-9-5-3-6-10-19/h3-12,14,16-17,22H,13,15,18H2,1-2H3,(H,27,30)(H,28,29). The van der Waals surface area contributed by atoms with Gasteiger partial charge in [-0.15, -0.1) is 0 Å². The lowest BCUT2D eigenvalue weighted by molar-refractivity contribution is -0.120. The molecule has 2 amide bonds. The van der Waals surface area contributed by atoms with Gasteiger partial charge in [0.2, 0.25) is 5.91 Å². The number of hydrogen-bond donors (Lipinski definition) is 2. The van der Waals surface area contributed by atoms with Crippen LogP contribution in [0.25, 0.3) is 0 Å². The summed E-state index contributed by atoms with van der Waals surface area (Å²) in [6, 6.07) is 24.7. The van der Waals surface area contributed by atoms with E-state index in [2.05, 4.69) is 22.8 Å². The molecule has 0 saturated carbocycles. The Morgan fingerprint density at radius 3 is 2.16 bits per heavy atom. The molecule has 6 nitrogen and oxygen atoms in total. The van der Waals surface area contributed by atoms with Gasteiger partial charge in [-0.3, -0.25) is 9.59 Å². The van der Waals surface area contributed by atoms with Crippen molar-refractivity contribution >= 4 is 11.8 Å². The quantitative estimate of drug-likeness (QED) is 0.509. The Labute approximate surface area is 188 Å². The zero-order chi connectivity index (χ0) is 22.8. The summed E-state index contributed by atoms with van der Waals surface area (Å²) in [5.41, 5.74) is 2.63. The van der Waals surface area contributed by atoms with Crippen LogP contribution in [0.15, 0.2) is 78.9 Å². The highest BCUT2D eigenvalue weighted by Gasteiger charge is 2.16. The Balaban J connectivity index is 1.60. The maximum atomic E-state index is 12.6. The first kappa shape index (κ1) is 22.9. The summed E-state index contributed by atoms with van der Waals surface area (Å²) < 4.78 is 10.4. The van der Waals surface area contributed by atoms with Crippen LogP contribution in [0.4, 0.5) is 0 Å². The molecular formula is C26H28N2O4. The van der Waals surface area contributed by atoms with Crippen LogP contribution in [0, 0.1) is 0 Å². The molecular weight excluding hydrogens is 404 g/mol. The van der Waals surface area contributed by atoms with Crippen LogP contribution in [0.2, 0.25) is 0 Å². The number of benzene rings is 3. The molecule has 3 rings (SSSR count). The lowest BCUT2D eigenvalue weighted by Gasteiger charge is -2.20. The van der Waals surface area contributed by atoms with Crippen LogP contribution in [0.5, 0.6) is 11.5 Å². The van der Waals surface area contributed by atoms with Crippen molar-refractivity contribution in [2.75, 3.05) is 20.8 Å². The normalized spacial score (nSPS) is 11.3. The zero-order valence-corrected chi connectivity index (χ0v) is 18.3. The minimum absolute atomic E-state index is 0.123. The first-order valence-corrected chi connectivity index (χ1v) is 10.5. The molecule has 1 atom stereocenters. The smallest absolute Gasteiger partial charge is 0.251 e. The van der Waals surface area contributed by atoms with Gasteiger partial charge in [-0.25, -0.2) is 0 Å². The van der Waals surface area contributed by atoms with Gasteiger partial charge < -0.3 is 20.1 Å². The summed E-state index contributed by atoms with van der Waals surface area (Å²) in [6.07, 6.45) is 1.59. The van der Waals surface area contributed by atoms with Crippen LogP contribution in [-0.4, -0.2) is 32.6 Å². The molecule has 0 aliphatic rings. The number of methoxy groups -OCH3 is 2. The summed E-state index contributed by atoms with van der Waals surface area (Å²) in [7, 11) is 3.04. The fourth-order valence-electron chi connectivity index (χ4n) is 3.45. The van der Waals surface area contributed by atoms with E-state index in [9.17, 15) is 9.59 Å². The van der Waals surface area contributed by atoms with Crippen LogP contribution in [-0.2, 0) is 11.2 Å². The average molecular weight is 433 g/mol. The van der Waals surface area contributed by atoms with Crippen LogP contribution in [0.1, 0.15) is 33.9 Å². The Kier molecular flexibility index (Phi) is 8.26. The molecule has 3 aromatic carbocycles. The number of carbonyl (C=O) groups excluding carboxylic acids is 2. The van der Waals surface area contributed by atoms with Gasteiger partial charge in [0, 0.05) is 5.56 Å². The topological polar surface area (TPSA) is 76.7 Å². The monoisotopic (exact) mass is 432 g/mol. The van der Waals surface area contributed by atoms with E-state index in [1.165, 1.54) is 19.8 Å². The fourth-order valence-corrected chi connectivity index (χ4v) is 3.45. The Morgan fingerprint density at radius 1 is 0.844 bits per heavy atom. The maximum Gasteiger partial charge on any atom is 0.251 e. The SMILES string of the molecule is COc1ccc(C(=O)NCC(=O)NC(CCc2ccccc2)c2ccccc2)cc1OC. The minimum atomic E-state index is -0.360. The van der Waals surface area contributed by atoms with Gasteiger partial charge >= 0.3 is 0 Å². The van der Waals surface area contributed by atoms with Crippen molar-refractivity contribution in [2.24, 2.45) is 0 Å². The molecule has 6 heteroatoms. The molecule has 0 heterocycles. The number of amides is 2. The van der Waals surface area contributed by atoms with E-state index in [1.54, 1.807) is 18.2 Å². The molecule has 0 radical (unpaired) electrons. The molecule has 0 fully saturated rings. The summed E-state index contributed by atoms with van der Waals surface area (Å²) in [5, 5.41) is 5.72. The van der Waals surface area contributed by atoms with Gasteiger partial charge in [-0.05, 0) is 42.2 Å². The summed E-state index contributed by atoms with van der Waals surface area (Å²) in [4.78, 5) is 25.1. The molecule has 0 aliphatic carbocycles. The number of rotatable bonds is 10. The molecule has 3 aromatic rings. The molecule has 0 aliphatic heterocycles. The van der Waals surface area contributed by atoms with Gasteiger partial charge in [0.05, 0.1) is 26.8 Å². The first-order chi connectivity index (χ1) is 15.6. The van der Waals surface area contributed by atoms with E-state index in [-0.39, 0.29) is 24.4 Å². The van der Waals surface area contributed by atoms with Crippen molar-refractivity contribution in [3.63, 3.8) is 0 Å². The molecule has 0 saturated heterocycles. The van der Waals surface area contributed by atoms with E-state index < -0.39 is 0 Å². The third-order valence-electron chi connectivity index (χ3n) is 5.16. The van der Waals surface area contributed by atoms with Gasteiger partial charge in [0.1, 0.15) is 0 Å². The van der Waals surface area contributed by atoms with Gasteiger partial charge in [0.25, 0.3) is 5.91 Å². The lowest BCUT2D eigenvalue weighted by Crippen LogP contribution is -2.38. The molecule has 166 valence electrons. The van der Waals surface area contributed by atoms with Crippen LogP contribution in [0.3, 0.4) is 0 Å². The fraction of sp³-hybridized carbons (Fsp3) is 0.231. The molecule has 2 N–H and O–H groups in total. The third kappa shape index (κ3) is 6.35. The highest BCUT2D eigenvalue weighted by atomic mass is 16.5. The Hall–Kier alpha value is -3.80. The zero-order valence-electron chi connectivity index (χ0n) is 18.3. The van der Waals surface area contributed by atoms with Gasteiger partial charge in [0.15, 0.2) is 11.5 Å². The summed E-state index contributed by atoms with van der Waals surface area (Å²) in [5.74, 6) is 0.378. The van der Waals surface area contributed by atoms with E-state index in [1.807, 2.05) is 48.5 Å². The summed E-state index contributed by atoms with van der Waals surface area (Å²) >= 11 is 0. The van der Waals surface area contributed by atoms with Crippen LogP contribution >= 0.6 is 0 Å². The second-order valence-electron chi connectivity index (χ2n) is 7.31. The van der Waals surface area contributed by atoms with Crippen molar-refractivity contribution in [3.05, 3.63) is 95.6 Å². The second-order valence-corrected chi connectivity index (χ2v) is 7.31. The maximum absolute atomic E-state index is 12.6. The van der Waals surface area contributed by atoms with Crippen molar-refractivity contribution in [1.29, 1.82) is 0 Å². The average Bonchev–Trinajstić information content (AvgIpc) is 2.85. The predicted molar refractivity (Wildman–Crippen MR) is 124 cm³/mol. The van der Waals surface area contributed by atoms with Crippen molar-refractivity contribution in [3.8, 4) is 11.5 Å². The lowest BCUT2D eigenvalue weighted by atomic mass is 9.99. The second kappa shape index (κ2) is 11.6. The number of aryl methyl sites for hydroxylation is 1. The van der Waals surface area contributed by atoms with E-state index >= 15 is 0 Å². The molecule has 0 bridgehead atoms. The Bertz CT molecular complexity index is 1020. The number of carbonyl (C=O) groups is 2. The minimum Gasteiger partial charge on any atom is -0.493 e. The number of nitrogens with one attached hydrogen (secondary N) is 2. The summed E-state index contributed by atoms with van der Waals surface area (Å²) in [6.45, 7) is -0.123. The van der Waals surface area contributed by atoms with E-state index in [0.29, 0.717) is 17.1 Å². The molecule has 32 heavy (non-hydrogen) atoms. The number of ether oxygens (including phenoxy) is 2. The molecule has 1 unspecified atom stereocenters. The predicted octanol–water partition coefficient (Wildman–Crippen LogP) is 3.92. The Morgan fingerprint density at radius 2 is 1.50 bits per heavy atom. The van der Waals surface area contributed by atoms with Crippen molar-refractivity contribution in [2.45, 2.75) is 18.9 Å². The number of hydrogen-bond acceptors (Lipinski definition) is 4. The molecule has 0 spiro atoms. The third-order valence-corrected chi connectivity index (χ3v) is 5.16. The van der Waals surface area contributed by atoms with Gasteiger partial charge in [-0.1, -0.05) is 60.7 Å².